The zero-order valence-corrected chi connectivity index (χ0v) is 17.9. The molecule has 0 fully saturated rings. The van der Waals surface area contributed by atoms with Crippen LogP contribution in [0.15, 0.2) is 34.6 Å². The second kappa shape index (κ2) is 10.3. The molecule has 27 heavy (non-hydrogen) atoms. The van der Waals surface area contributed by atoms with Crippen molar-refractivity contribution in [2.45, 2.75) is 32.4 Å². The van der Waals surface area contributed by atoms with E-state index in [-0.39, 0.29) is 6.04 Å². The van der Waals surface area contributed by atoms with Crippen molar-refractivity contribution < 1.29 is 4.74 Å². The van der Waals surface area contributed by atoms with Crippen molar-refractivity contribution in [3.63, 3.8) is 0 Å². The third-order valence-corrected chi connectivity index (χ3v) is 5.24. The van der Waals surface area contributed by atoms with Crippen LogP contribution in [0.5, 0.6) is 5.75 Å². The van der Waals surface area contributed by atoms with Gasteiger partial charge < -0.3 is 20.3 Å². The molecule has 7 heteroatoms. The summed E-state index contributed by atoms with van der Waals surface area (Å²) >= 11 is 1.68. The maximum atomic E-state index is 5.53. The van der Waals surface area contributed by atoms with Crippen molar-refractivity contribution in [2.24, 2.45) is 4.99 Å². The quantitative estimate of drug-likeness (QED) is 0.536. The van der Waals surface area contributed by atoms with E-state index < -0.39 is 0 Å². The summed E-state index contributed by atoms with van der Waals surface area (Å²) in [6, 6.07) is 8.28. The Hall–Kier alpha value is -2.12. The fraction of sp³-hybridized carbons (Fsp3) is 0.500. The van der Waals surface area contributed by atoms with Gasteiger partial charge in [-0.05, 0) is 26.1 Å². The van der Waals surface area contributed by atoms with Gasteiger partial charge >= 0.3 is 0 Å². The molecule has 148 valence electrons. The number of guanidine groups is 1. The van der Waals surface area contributed by atoms with Crippen LogP contribution in [0.1, 0.15) is 42.1 Å². The van der Waals surface area contributed by atoms with Crippen LogP contribution in [0.25, 0.3) is 0 Å². The first-order chi connectivity index (χ1) is 13.0. The molecule has 0 radical (unpaired) electrons. The van der Waals surface area contributed by atoms with Crippen molar-refractivity contribution in [3.8, 4) is 5.75 Å². The minimum absolute atomic E-state index is 0.159. The second-order valence-electron chi connectivity index (χ2n) is 6.85. The molecule has 1 unspecified atom stereocenters. The molecule has 6 nitrogen and oxygen atoms in total. The maximum absolute atomic E-state index is 5.53. The Bertz CT molecular complexity index is 741. The van der Waals surface area contributed by atoms with Gasteiger partial charge in [0.25, 0.3) is 0 Å². The van der Waals surface area contributed by atoms with Gasteiger partial charge in [-0.25, -0.2) is 4.98 Å². The van der Waals surface area contributed by atoms with E-state index in [2.05, 4.69) is 64.9 Å². The minimum Gasteiger partial charge on any atom is -0.496 e. The molecule has 0 bridgehead atoms. The summed E-state index contributed by atoms with van der Waals surface area (Å²) in [7, 11) is 7.62. The lowest BCUT2D eigenvalue weighted by Gasteiger charge is -2.27. The molecule has 0 aliphatic rings. The lowest BCUT2D eigenvalue weighted by molar-refractivity contribution is 0.287. The standard InChI is InChI=1S/C20H31N5OS/c1-14(2)16-13-27-19(24-16)12-23-20(21-3)22-11-17(25(4)5)15-9-7-8-10-18(15)26-6/h7-10,13-14,17H,11-12H2,1-6H3,(H2,21,22,23). The van der Waals surface area contributed by atoms with Crippen molar-refractivity contribution >= 4 is 17.3 Å². The summed E-state index contributed by atoms with van der Waals surface area (Å²) in [5.74, 6) is 2.11. The minimum atomic E-state index is 0.159. The highest BCUT2D eigenvalue weighted by Crippen LogP contribution is 2.27. The molecule has 1 aromatic carbocycles. The van der Waals surface area contributed by atoms with Crippen molar-refractivity contribution in [1.82, 2.24) is 20.5 Å². The fourth-order valence-corrected chi connectivity index (χ4v) is 3.65. The SMILES string of the molecule is CN=C(NCc1nc(C(C)C)cs1)NCC(c1ccccc1OC)N(C)C. The lowest BCUT2D eigenvalue weighted by atomic mass is 10.0. The van der Waals surface area contributed by atoms with Gasteiger partial charge in [0, 0.05) is 24.5 Å². The van der Waals surface area contributed by atoms with Gasteiger partial charge in [0.2, 0.25) is 0 Å². The van der Waals surface area contributed by atoms with E-state index in [4.69, 9.17) is 4.74 Å². The number of thiazole rings is 1. The van der Waals surface area contributed by atoms with Crippen LogP contribution < -0.4 is 15.4 Å². The summed E-state index contributed by atoms with van der Waals surface area (Å²) in [4.78, 5) is 11.2. The third-order valence-electron chi connectivity index (χ3n) is 4.38. The summed E-state index contributed by atoms with van der Waals surface area (Å²) in [5, 5.41) is 9.96. The van der Waals surface area contributed by atoms with E-state index in [0.717, 1.165) is 28.0 Å². The van der Waals surface area contributed by atoms with E-state index in [0.29, 0.717) is 19.0 Å². The van der Waals surface area contributed by atoms with Crippen LogP contribution in [0.2, 0.25) is 0 Å². The Balaban J connectivity index is 1.98. The molecule has 0 aliphatic heterocycles. The van der Waals surface area contributed by atoms with Crippen LogP contribution in [-0.2, 0) is 6.54 Å². The monoisotopic (exact) mass is 389 g/mol. The Morgan fingerprint density at radius 2 is 2.00 bits per heavy atom. The van der Waals surface area contributed by atoms with Gasteiger partial charge in [-0.3, -0.25) is 4.99 Å². The van der Waals surface area contributed by atoms with Crippen molar-refractivity contribution in [2.75, 3.05) is 34.8 Å². The molecule has 0 amide bonds. The van der Waals surface area contributed by atoms with Gasteiger partial charge in [-0.2, -0.15) is 0 Å². The topological polar surface area (TPSA) is 61.8 Å². The molecule has 2 aromatic rings. The highest BCUT2D eigenvalue weighted by atomic mass is 32.1. The van der Waals surface area contributed by atoms with Crippen LogP contribution in [0, 0.1) is 0 Å². The summed E-state index contributed by atoms with van der Waals surface area (Å²) in [6.45, 7) is 5.69. The number of hydrogen-bond acceptors (Lipinski definition) is 5. The van der Waals surface area contributed by atoms with Gasteiger partial charge in [0.05, 0.1) is 25.4 Å². The first-order valence-corrected chi connectivity index (χ1v) is 10.0. The zero-order valence-electron chi connectivity index (χ0n) is 17.1. The first kappa shape index (κ1) is 21.2. The van der Waals surface area contributed by atoms with Gasteiger partial charge in [0.15, 0.2) is 5.96 Å². The van der Waals surface area contributed by atoms with E-state index in [1.54, 1.807) is 25.5 Å². The number of benzene rings is 1. The predicted molar refractivity (Wildman–Crippen MR) is 114 cm³/mol. The average Bonchev–Trinajstić information content (AvgIpc) is 3.14. The second-order valence-corrected chi connectivity index (χ2v) is 7.79. The fourth-order valence-electron chi connectivity index (χ4n) is 2.76. The molecular formula is C20H31N5OS. The number of para-hydroxylation sites is 1. The number of likely N-dealkylation sites (N-methyl/N-ethyl adjacent to an activating group) is 1. The molecular weight excluding hydrogens is 358 g/mol. The Kier molecular flexibility index (Phi) is 8.06. The third kappa shape index (κ3) is 5.94. The molecule has 0 saturated carbocycles. The average molecular weight is 390 g/mol. The van der Waals surface area contributed by atoms with Gasteiger partial charge in [-0.1, -0.05) is 32.0 Å². The van der Waals surface area contributed by atoms with Crippen molar-refractivity contribution in [1.29, 1.82) is 0 Å². The molecule has 1 heterocycles. The Labute approximate surface area is 166 Å². The highest BCUT2D eigenvalue weighted by Gasteiger charge is 2.18. The van der Waals surface area contributed by atoms with Crippen LogP contribution >= 0.6 is 11.3 Å². The number of ether oxygens (including phenoxy) is 1. The number of aromatic nitrogens is 1. The zero-order chi connectivity index (χ0) is 19.8. The first-order valence-electron chi connectivity index (χ1n) is 9.14. The van der Waals surface area contributed by atoms with E-state index in [9.17, 15) is 0 Å². The largest absolute Gasteiger partial charge is 0.496 e. The van der Waals surface area contributed by atoms with Crippen molar-refractivity contribution in [3.05, 3.63) is 45.9 Å². The number of aliphatic imine (C=N–C) groups is 1. The molecule has 0 aliphatic carbocycles. The number of methoxy groups -OCH3 is 1. The van der Waals surface area contributed by atoms with E-state index in [1.807, 2.05) is 18.2 Å². The smallest absolute Gasteiger partial charge is 0.191 e. The number of rotatable bonds is 8. The van der Waals surface area contributed by atoms with Crippen LogP contribution in [0.3, 0.4) is 0 Å². The van der Waals surface area contributed by atoms with Crippen LogP contribution in [-0.4, -0.2) is 50.6 Å². The molecule has 0 saturated heterocycles. The maximum Gasteiger partial charge on any atom is 0.191 e. The predicted octanol–water partition coefficient (Wildman–Crippen LogP) is 3.24. The van der Waals surface area contributed by atoms with Gasteiger partial charge in [-0.15, -0.1) is 11.3 Å². The number of hydrogen-bond donors (Lipinski definition) is 2. The summed E-state index contributed by atoms with van der Waals surface area (Å²) in [6.07, 6.45) is 0. The number of nitrogens with one attached hydrogen (secondary N) is 2. The highest BCUT2D eigenvalue weighted by molar-refractivity contribution is 7.09. The Morgan fingerprint density at radius 3 is 2.59 bits per heavy atom. The Morgan fingerprint density at radius 1 is 1.26 bits per heavy atom. The molecule has 1 aromatic heterocycles. The molecule has 1 atom stereocenters. The summed E-state index contributed by atoms with van der Waals surface area (Å²) < 4.78 is 5.53. The van der Waals surface area contributed by atoms with Crippen LogP contribution in [0.4, 0.5) is 0 Å². The lowest BCUT2D eigenvalue weighted by Crippen LogP contribution is -2.41. The summed E-state index contributed by atoms with van der Waals surface area (Å²) in [5.41, 5.74) is 2.29. The molecule has 2 N–H and O–H groups in total. The molecule has 2 rings (SSSR count). The number of nitrogens with zero attached hydrogens (tertiary/aromatic N) is 3. The van der Waals surface area contributed by atoms with E-state index >= 15 is 0 Å². The normalized spacial score (nSPS) is 13.1. The molecule has 0 spiro atoms. The van der Waals surface area contributed by atoms with Gasteiger partial charge in [0.1, 0.15) is 10.8 Å². The van der Waals surface area contributed by atoms with E-state index in [1.165, 1.54) is 0 Å².